The molecular weight excluding hydrogens is 448 g/mol. The fraction of sp³-hybridized carbons (Fsp3) is 0.391. The molecule has 9 heteroatoms. The Labute approximate surface area is 194 Å². The second kappa shape index (κ2) is 10.5. The normalized spacial score (nSPS) is 16.5. The highest BCUT2D eigenvalue weighted by Gasteiger charge is 2.33. The summed E-state index contributed by atoms with van der Waals surface area (Å²) in [7, 11) is 0.0923. The number of nitrogens with one attached hydrogen (secondary N) is 1. The van der Waals surface area contributed by atoms with Crippen LogP contribution >= 0.6 is 11.6 Å². The van der Waals surface area contributed by atoms with Crippen molar-refractivity contribution in [1.82, 2.24) is 14.5 Å². The van der Waals surface area contributed by atoms with Gasteiger partial charge in [-0.05, 0) is 50.7 Å². The van der Waals surface area contributed by atoms with Crippen LogP contribution in [-0.4, -0.2) is 57.3 Å². The number of nitrogens with zero attached hydrogens (tertiary/aromatic N) is 3. The Hall–Kier alpha value is -2.44. The Morgan fingerprint density at radius 3 is 2.44 bits per heavy atom. The molecule has 0 bridgehead atoms. The van der Waals surface area contributed by atoms with Crippen LogP contribution in [0.1, 0.15) is 30.0 Å². The average Bonchev–Trinajstić information content (AvgIpc) is 2.80. The van der Waals surface area contributed by atoms with Crippen molar-refractivity contribution in [1.29, 1.82) is 5.26 Å². The average molecular weight is 475 g/mol. The predicted octanol–water partition coefficient (Wildman–Crippen LogP) is 3.03. The van der Waals surface area contributed by atoms with E-state index in [1.54, 1.807) is 12.1 Å². The molecule has 7 nitrogen and oxygen atoms in total. The number of piperidine rings is 1. The molecule has 0 aliphatic carbocycles. The minimum atomic E-state index is -3.77. The van der Waals surface area contributed by atoms with E-state index < -0.39 is 10.0 Å². The standard InChI is InChI=1S/C23H27ClN4O3S/c1-27(2)21(19-8-4-5-9-20(19)24)16-26-23(29)17-11-13-28(14-12-17)32(30,31)22-10-6-3-7-18(22)15-25/h3-10,17,21H,11-14,16H2,1-2H3,(H,26,29). The van der Waals surface area contributed by atoms with E-state index in [0.717, 1.165) is 5.56 Å². The molecule has 0 radical (unpaired) electrons. The molecule has 0 aromatic heterocycles. The van der Waals surface area contributed by atoms with Crippen molar-refractivity contribution in [2.75, 3.05) is 33.7 Å². The third-order valence-electron chi connectivity index (χ3n) is 5.81. The van der Waals surface area contributed by atoms with E-state index in [9.17, 15) is 18.5 Å². The molecule has 0 spiro atoms. The molecular formula is C23H27ClN4O3S. The maximum Gasteiger partial charge on any atom is 0.244 e. The van der Waals surface area contributed by atoms with Gasteiger partial charge in [-0.2, -0.15) is 9.57 Å². The molecule has 3 rings (SSSR count). The van der Waals surface area contributed by atoms with Crippen LogP contribution in [0.15, 0.2) is 53.4 Å². The molecule has 1 heterocycles. The van der Waals surface area contributed by atoms with Gasteiger partial charge in [0.2, 0.25) is 15.9 Å². The molecule has 170 valence electrons. The number of rotatable bonds is 7. The van der Waals surface area contributed by atoms with Gasteiger partial charge < -0.3 is 10.2 Å². The zero-order chi connectivity index (χ0) is 23.3. The van der Waals surface area contributed by atoms with Gasteiger partial charge in [-0.3, -0.25) is 4.79 Å². The van der Waals surface area contributed by atoms with Crippen LogP contribution < -0.4 is 5.32 Å². The van der Waals surface area contributed by atoms with Crippen molar-refractivity contribution in [3.63, 3.8) is 0 Å². The van der Waals surface area contributed by atoms with Crippen LogP contribution in [-0.2, 0) is 14.8 Å². The molecule has 2 aromatic carbocycles. The zero-order valence-electron chi connectivity index (χ0n) is 18.2. The van der Waals surface area contributed by atoms with E-state index >= 15 is 0 Å². The van der Waals surface area contributed by atoms with Crippen molar-refractivity contribution in [3.8, 4) is 6.07 Å². The molecule has 1 aliphatic rings. The van der Waals surface area contributed by atoms with Crippen LogP contribution in [0.4, 0.5) is 0 Å². The summed E-state index contributed by atoms with van der Waals surface area (Å²) in [5.74, 6) is -0.347. The summed E-state index contributed by atoms with van der Waals surface area (Å²) in [6.45, 7) is 0.882. The molecule has 32 heavy (non-hydrogen) atoms. The smallest absolute Gasteiger partial charge is 0.244 e. The van der Waals surface area contributed by atoms with Crippen molar-refractivity contribution in [3.05, 3.63) is 64.7 Å². The van der Waals surface area contributed by atoms with Gasteiger partial charge in [0.25, 0.3) is 0 Å². The second-order valence-corrected chi connectivity index (χ2v) is 10.3. The van der Waals surface area contributed by atoms with E-state index in [1.807, 2.05) is 49.3 Å². The lowest BCUT2D eigenvalue weighted by Crippen LogP contribution is -2.44. The van der Waals surface area contributed by atoms with Crippen LogP contribution in [0.3, 0.4) is 0 Å². The number of sulfonamides is 1. The lowest BCUT2D eigenvalue weighted by molar-refractivity contribution is -0.126. The molecule has 1 saturated heterocycles. The molecule has 1 fully saturated rings. The summed E-state index contributed by atoms with van der Waals surface area (Å²) in [6.07, 6.45) is 0.858. The zero-order valence-corrected chi connectivity index (χ0v) is 19.7. The first-order chi connectivity index (χ1) is 15.3. The van der Waals surface area contributed by atoms with E-state index in [-0.39, 0.29) is 41.4 Å². The minimum Gasteiger partial charge on any atom is -0.354 e. The van der Waals surface area contributed by atoms with Gasteiger partial charge in [0.1, 0.15) is 6.07 Å². The summed E-state index contributed by atoms with van der Waals surface area (Å²) in [5.41, 5.74) is 1.07. The quantitative estimate of drug-likeness (QED) is 0.665. The van der Waals surface area contributed by atoms with Gasteiger partial charge >= 0.3 is 0 Å². The van der Waals surface area contributed by atoms with Crippen LogP contribution in [0.2, 0.25) is 5.02 Å². The van der Waals surface area contributed by atoms with E-state index in [2.05, 4.69) is 5.32 Å². The number of hydrogen-bond acceptors (Lipinski definition) is 5. The SMILES string of the molecule is CN(C)C(CNC(=O)C1CCN(S(=O)(=O)c2ccccc2C#N)CC1)c1ccccc1Cl. The third-order valence-corrected chi connectivity index (χ3v) is 8.11. The summed E-state index contributed by atoms with van der Waals surface area (Å²) >= 11 is 6.34. The number of benzene rings is 2. The highest BCUT2D eigenvalue weighted by atomic mass is 35.5. The Bertz CT molecular complexity index is 1110. The lowest BCUT2D eigenvalue weighted by Gasteiger charge is -2.31. The Morgan fingerprint density at radius 2 is 1.81 bits per heavy atom. The number of carbonyl (C=O) groups is 1. The maximum atomic E-state index is 13.0. The number of carbonyl (C=O) groups excluding carboxylic acids is 1. The molecule has 1 aliphatic heterocycles. The number of halogens is 1. The predicted molar refractivity (Wildman–Crippen MR) is 124 cm³/mol. The van der Waals surface area contributed by atoms with E-state index in [4.69, 9.17) is 11.6 Å². The monoisotopic (exact) mass is 474 g/mol. The van der Waals surface area contributed by atoms with Crippen molar-refractivity contribution in [2.45, 2.75) is 23.8 Å². The van der Waals surface area contributed by atoms with Gasteiger partial charge in [0.05, 0.1) is 16.5 Å². The van der Waals surface area contributed by atoms with Crippen LogP contribution in [0.5, 0.6) is 0 Å². The summed E-state index contributed by atoms with van der Waals surface area (Å²) in [5, 5.41) is 12.9. The Kier molecular flexibility index (Phi) is 7.91. The Balaban J connectivity index is 1.61. The second-order valence-electron chi connectivity index (χ2n) is 8.03. The fourth-order valence-corrected chi connectivity index (χ4v) is 5.81. The Morgan fingerprint density at radius 1 is 1.19 bits per heavy atom. The molecule has 1 atom stereocenters. The third kappa shape index (κ3) is 5.30. The van der Waals surface area contributed by atoms with Gasteiger partial charge in [-0.25, -0.2) is 8.42 Å². The highest BCUT2D eigenvalue weighted by Crippen LogP contribution is 2.27. The van der Waals surface area contributed by atoms with Crippen molar-refractivity contribution >= 4 is 27.5 Å². The number of hydrogen-bond donors (Lipinski definition) is 1. The fourth-order valence-electron chi connectivity index (χ4n) is 3.94. The summed E-state index contributed by atoms with van der Waals surface area (Å²) in [6, 6.07) is 15.6. The van der Waals surface area contributed by atoms with Gasteiger partial charge in [-0.1, -0.05) is 41.9 Å². The molecule has 1 N–H and O–H groups in total. The van der Waals surface area contributed by atoms with Crippen LogP contribution in [0, 0.1) is 17.2 Å². The highest BCUT2D eigenvalue weighted by molar-refractivity contribution is 7.89. The molecule has 2 aromatic rings. The maximum absolute atomic E-state index is 13.0. The van der Waals surface area contributed by atoms with Crippen molar-refractivity contribution in [2.24, 2.45) is 5.92 Å². The molecule has 0 saturated carbocycles. The minimum absolute atomic E-state index is 0.0129. The summed E-state index contributed by atoms with van der Waals surface area (Å²) in [4.78, 5) is 14.8. The largest absolute Gasteiger partial charge is 0.354 e. The molecule has 1 unspecified atom stereocenters. The summed E-state index contributed by atoms with van der Waals surface area (Å²) < 4.78 is 27.3. The van der Waals surface area contributed by atoms with Crippen LogP contribution in [0.25, 0.3) is 0 Å². The van der Waals surface area contributed by atoms with Gasteiger partial charge in [0, 0.05) is 30.6 Å². The first-order valence-electron chi connectivity index (χ1n) is 10.4. The van der Waals surface area contributed by atoms with E-state index in [1.165, 1.54) is 16.4 Å². The number of amides is 1. The first-order valence-corrected chi connectivity index (χ1v) is 12.3. The number of nitriles is 1. The number of likely N-dealkylation sites (N-methyl/N-ethyl adjacent to an activating group) is 1. The van der Waals surface area contributed by atoms with E-state index in [0.29, 0.717) is 24.4 Å². The van der Waals surface area contributed by atoms with Gasteiger partial charge in [0.15, 0.2) is 0 Å². The lowest BCUT2D eigenvalue weighted by atomic mass is 9.97. The first kappa shape index (κ1) is 24.2. The van der Waals surface area contributed by atoms with Gasteiger partial charge in [-0.15, -0.1) is 0 Å². The van der Waals surface area contributed by atoms with Crippen molar-refractivity contribution < 1.29 is 13.2 Å². The topological polar surface area (TPSA) is 93.5 Å². The molecule has 1 amide bonds.